The van der Waals surface area contributed by atoms with Crippen LogP contribution in [0.15, 0.2) is 0 Å². The molecule has 2 N–H and O–H groups in total. The molecule has 0 radical (unpaired) electrons. The van der Waals surface area contributed by atoms with Crippen molar-refractivity contribution in [3.63, 3.8) is 0 Å². The maximum absolute atomic E-state index is 5.76. The molecule has 0 aromatic carbocycles. The smallest absolute Gasteiger partial charge is 0.0535 e. The topological polar surface area (TPSA) is 38.5 Å². The molecule has 3 nitrogen and oxygen atoms in total. The molecular weight excluding hydrogens is 152 g/mol. The van der Waals surface area contributed by atoms with Gasteiger partial charge in [-0.25, -0.2) is 0 Å². The fourth-order valence-corrected chi connectivity index (χ4v) is 1.57. The summed E-state index contributed by atoms with van der Waals surface area (Å²) in [7, 11) is 4.19. The molecule has 1 heterocycles. The summed E-state index contributed by atoms with van der Waals surface area (Å²) in [6.07, 6.45) is 2.30. The average molecular weight is 172 g/mol. The third-order valence-corrected chi connectivity index (χ3v) is 2.71. The highest BCUT2D eigenvalue weighted by molar-refractivity contribution is 4.84. The minimum atomic E-state index is 0.282. The van der Waals surface area contributed by atoms with Gasteiger partial charge in [0.25, 0.3) is 0 Å². The first-order chi connectivity index (χ1) is 5.68. The molecule has 0 spiro atoms. The summed E-state index contributed by atoms with van der Waals surface area (Å²) >= 11 is 0. The van der Waals surface area contributed by atoms with Gasteiger partial charge in [0.05, 0.1) is 6.61 Å². The van der Waals surface area contributed by atoms with Crippen molar-refractivity contribution in [3.8, 4) is 0 Å². The number of hydrogen-bond donors (Lipinski definition) is 1. The minimum Gasteiger partial charge on any atom is -0.381 e. The van der Waals surface area contributed by atoms with Gasteiger partial charge < -0.3 is 15.4 Å². The third kappa shape index (κ3) is 2.44. The molecule has 1 atom stereocenters. The van der Waals surface area contributed by atoms with Crippen LogP contribution in [0.2, 0.25) is 0 Å². The molecule has 1 rings (SSSR count). The highest BCUT2D eigenvalue weighted by Crippen LogP contribution is 2.30. The average Bonchev–Trinajstić information content (AvgIpc) is 2.50. The molecular formula is C9H20N2O. The number of hydrogen-bond acceptors (Lipinski definition) is 3. The second-order valence-corrected chi connectivity index (χ2v) is 4.06. The predicted molar refractivity (Wildman–Crippen MR) is 50.1 cm³/mol. The van der Waals surface area contributed by atoms with E-state index in [1.807, 2.05) is 0 Å². The molecule has 3 heteroatoms. The zero-order chi connectivity index (χ0) is 9.03. The highest BCUT2D eigenvalue weighted by atomic mass is 16.5. The molecule has 0 aromatic heterocycles. The summed E-state index contributed by atoms with van der Waals surface area (Å²) in [6, 6.07) is 0. The minimum absolute atomic E-state index is 0.282. The van der Waals surface area contributed by atoms with Gasteiger partial charge in [0, 0.05) is 18.6 Å². The van der Waals surface area contributed by atoms with E-state index >= 15 is 0 Å². The highest BCUT2D eigenvalue weighted by Gasteiger charge is 2.32. The van der Waals surface area contributed by atoms with E-state index in [0.29, 0.717) is 0 Å². The first-order valence-corrected chi connectivity index (χ1v) is 4.61. The van der Waals surface area contributed by atoms with Crippen LogP contribution in [0.1, 0.15) is 12.8 Å². The molecule has 72 valence electrons. The number of nitrogens with two attached hydrogens (primary N) is 1. The van der Waals surface area contributed by atoms with Crippen LogP contribution < -0.4 is 5.73 Å². The molecule has 0 bridgehead atoms. The van der Waals surface area contributed by atoms with Crippen molar-refractivity contribution in [2.24, 2.45) is 11.1 Å². The van der Waals surface area contributed by atoms with E-state index in [2.05, 4.69) is 19.0 Å². The SMILES string of the molecule is CN(C)CCC1(CN)CCOC1. The maximum atomic E-state index is 5.76. The van der Waals surface area contributed by atoms with E-state index in [-0.39, 0.29) is 5.41 Å². The van der Waals surface area contributed by atoms with Crippen LogP contribution in [-0.4, -0.2) is 45.3 Å². The van der Waals surface area contributed by atoms with E-state index in [1.165, 1.54) is 0 Å². The molecule has 0 aliphatic carbocycles. The van der Waals surface area contributed by atoms with E-state index < -0.39 is 0 Å². The second kappa shape index (κ2) is 4.21. The van der Waals surface area contributed by atoms with Crippen molar-refractivity contribution < 1.29 is 4.74 Å². The van der Waals surface area contributed by atoms with Gasteiger partial charge in [0.2, 0.25) is 0 Å². The summed E-state index contributed by atoms with van der Waals surface area (Å²) in [6.45, 7) is 3.63. The van der Waals surface area contributed by atoms with E-state index in [0.717, 1.165) is 39.1 Å². The number of ether oxygens (including phenoxy) is 1. The predicted octanol–water partition coefficient (Wildman–Crippen LogP) is 0.303. The Hall–Kier alpha value is -0.120. The first kappa shape index (κ1) is 9.96. The van der Waals surface area contributed by atoms with Crippen LogP contribution >= 0.6 is 0 Å². The fourth-order valence-electron chi connectivity index (χ4n) is 1.57. The lowest BCUT2D eigenvalue weighted by Gasteiger charge is -2.26. The quantitative estimate of drug-likeness (QED) is 0.663. The monoisotopic (exact) mass is 172 g/mol. The third-order valence-electron chi connectivity index (χ3n) is 2.71. The molecule has 0 amide bonds. The zero-order valence-corrected chi connectivity index (χ0v) is 8.18. The molecule has 12 heavy (non-hydrogen) atoms. The van der Waals surface area contributed by atoms with Gasteiger partial charge in [-0.1, -0.05) is 0 Å². The summed E-state index contributed by atoms with van der Waals surface area (Å²) < 4.78 is 5.39. The maximum Gasteiger partial charge on any atom is 0.0535 e. The molecule has 1 aliphatic heterocycles. The Balaban J connectivity index is 2.34. The van der Waals surface area contributed by atoms with E-state index in [1.54, 1.807) is 0 Å². The summed E-state index contributed by atoms with van der Waals surface area (Å²) in [5.74, 6) is 0. The standard InChI is InChI=1S/C9H20N2O/c1-11(2)5-3-9(7-10)4-6-12-8-9/h3-8,10H2,1-2H3. The van der Waals surface area contributed by atoms with Crippen molar-refractivity contribution in [1.29, 1.82) is 0 Å². The summed E-state index contributed by atoms with van der Waals surface area (Å²) in [5, 5.41) is 0. The van der Waals surface area contributed by atoms with Crippen LogP contribution in [0.25, 0.3) is 0 Å². The van der Waals surface area contributed by atoms with Gasteiger partial charge in [0.15, 0.2) is 0 Å². The van der Waals surface area contributed by atoms with Gasteiger partial charge in [-0.15, -0.1) is 0 Å². The molecule has 0 saturated carbocycles. The molecule has 0 aromatic rings. The lowest BCUT2D eigenvalue weighted by atomic mass is 9.84. The summed E-state index contributed by atoms with van der Waals surface area (Å²) in [5.41, 5.74) is 6.04. The Labute approximate surface area is 74.9 Å². The van der Waals surface area contributed by atoms with Crippen LogP contribution in [0.5, 0.6) is 0 Å². The van der Waals surface area contributed by atoms with Crippen LogP contribution in [0.3, 0.4) is 0 Å². The lowest BCUT2D eigenvalue weighted by Crippen LogP contribution is -2.34. The van der Waals surface area contributed by atoms with Crippen molar-refractivity contribution >= 4 is 0 Å². The zero-order valence-electron chi connectivity index (χ0n) is 8.18. The second-order valence-electron chi connectivity index (χ2n) is 4.06. The van der Waals surface area contributed by atoms with Crippen LogP contribution in [0.4, 0.5) is 0 Å². The Morgan fingerprint density at radius 3 is 2.67 bits per heavy atom. The van der Waals surface area contributed by atoms with Crippen LogP contribution in [-0.2, 0) is 4.74 Å². The first-order valence-electron chi connectivity index (χ1n) is 4.61. The van der Waals surface area contributed by atoms with E-state index in [9.17, 15) is 0 Å². The van der Waals surface area contributed by atoms with Crippen LogP contribution in [0, 0.1) is 5.41 Å². The number of rotatable bonds is 4. The van der Waals surface area contributed by atoms with Crippen molar-refractivity contribution in [2.45, 2.75) is 12.8 Å². The Morgan fingerprint density at radius 1 is 1.50 bits per heavy atom. The Morgan fingerprint density at radius 2 is 2.25 bits per heavy atom. The lowest BCUT2D eigenvalue weighted by molar-refractivity contribution is 0.143. The Bertz CT molecular complexity index is 130. The van der Waals surface area contributed by atoms with Gasteiger partial charge in [0.1, 0.15) is 0 Å². The van der Waals surface area contributed by atoms with Crippen molar-refractivity contribution in [1.82, 2.24) is 4.90 Å². The molecule has 1 saturated heterocycles. The molecule has 1 aliphatic rings. The van der Waals surface area contributed by atoms with Crippen molar-refractivity contribution in [2.75, 3.05) is 40.4 Å². The number of nitrogens with zero attached hydrogens (tertiary/aromatic N) is 1. The van der Waals surface area contributed by atoms with Gasteiger partial charge >= 0.3 is 0 Å². The summed E-state index contributed by atoms with van der Waals surface area (Å²) in [4.78, 5) is 2.20. The van der Waals surface area contributed by atoms with Crippen molar-refractivity contribution in [3.05, 3.63) is 0 Å². The molecule has 1 unspecified atom stereocenters. The fraction of sp³-hybridized carbons (Fsp3) is 1.00. The normalized spacial score (nSPS) is 30.0. The largest absolute Gasteiger partial charge is 0.381 e. The van der Waals surface area contributed by atoms with Gasteiger partial charge in [-0.05, 0) is 33.5 Å². The van der Waals surface area contributed by atoms with Gasteiger partial charge in [-0.2, -0.15) is 0 Å². The van der Waals surface area contributed by atoms with E-state index in [4.69, 9.17) is 10.5 Å². The molecule has 1 fully saturated rings. The van der Waals surface area contributed by atoms with Gasteiger partial charge in [-0.3, -0.25) is 0 Å². The Kier molecular flexibility index (Phi) is 3.50.